The molecule has 2 heterocycles. The van der Waals surface area contributed by atoms with Crippen LogP contribution in [0.1, 0.15) is 55.4 Å². The van der Waals surface area contributed by atoms with Crippen molar-refractivity contribution in [3.05, 3.63) is 36.4 Å². The third-order valence-corrected chi connectivity index (χ3v) is 6.97. The fourth-order valence-corrected chi connectivity index (χ4v) is 3.63. The lowest BCUT2D eigenvalue weighted by atomic mass is 9.73. The zero-order valence-corrected chi connectivity index (χ0v) is 18.3. The molecule has 2 aromatic carbocycles. The van der Waals surface area contributed by atoms with Gasteiger partial charge in [0.05, 0.1) is 22.4 Å². The average Bonchev–Trinajstić information content (AvgIpc) is 2.93. The van der Waals surface area contributed by atoms with Crippen molar-refractivity contribution in [3.63, 3.8) is 0 Å². The molecule has 2 fully saturated rings. The van der Waals surface area contributed by atoms with Crippen LogP contribution in [0.25, 0.3) is 10.8 Å². The summed E-state index contributed by atoms with van der Waals surface area (Å²) >= 11 is 0. The zero-order valence-electron chi connectivity index (χ0n) is 18.3. The molecule has 0 aromatic heterocycles. The van der Waals surface area contributed by atoms with Gasteiger partial charge >= 0.3 is 14.2 Å². The monoisotopic (exact) mass is 380 g/mol. The van der Waals surface area contributed by atoms with E-state index in [1.165, 1.54) is 0 Å². The molecule has 0 unspecified atom stereocenters. The lowest BCUT2D eigenvalue weighted by molar-refractivity contribution is 0.00578. The maximum Gasteiger partial charge on any atom is 0.495 e. The summed E-state index contributed by atoms with van der Waals surface area (Å²) in [4.78, 5) is 0. The number of fused-ring (bicyclic) bond motifs is 1. The Morgan fingerprint density at radius 3 is 1.64 bits per heavy atom. The van der Waals surface area contributed by atoms with Crippen LogP contribution < -0.4 is 10.9 Å². The molecule has 2 saturated heterocycles. The minimum absolute atomic E-state index is 0.350. The molecule has 148 valence electrons. The minimum Gasteiger partial charge on any atom is -0.399 e. The third-order valence-electron chi connectivity index (χ3n) is 6.97. The van der Waals surface area contributed by atoms with Crippen LogP contribution in [0.3, 0.4) is 0 Å². The van der Waals surface area contributed by atoms with E-state index in [2.05, 4.69) is 91.8 Å². The van der Waals surface area contributed by atoms with Crippen LogP contribution in [-0.4, -0.2) is 36.6 Å². The van der Waals surface area contributed by atoms with Gasteiger partial charge in [0, 0.05) is 0 Å². The molecule has 0 aliphatic carbocycles. The van der Waals surface area contributed by atoms with Crippen molar-refractivity contribution in [2.24, 2.45) is 0 Å². The van der Waals surface area contributed by atoms with Crippen molar-refractivity contribution >= 4 is 35.9 Å². The molecule has 28 heavy (non-hydrogen) atoms. The van der Waals surface area contributed by atoms with Gasteiger partial charge in [0.2, 0.25) is 0 Å². The van der Waals surface area contributed by atoms with Crippen molar-refractivity contribution in [2.45, 2.75) is 77.8 Å². The molecule has 0 radical (unpaired) electrons. The zero-order chi connectivity index (χ0) is 20.5. The lowest BCUT2D eigenvalue weighted by Gasteiger charge is -2.32. The summed E-state index contributed by atoms with van der Waals surface area (Å²) in [7, 11) is -0.744. The Morgan fingerprint density at radius 2 is 1.11 bits per heavy atom. The van der Waals surface area contributed by atoms with Gasteiger partial charge in [0.15, 0.2) is 0 Å². The average molecular weight is 380 g/mol. The highest BCUT2D eigenvalue weighted by molar-refractivity contribution is 6.65. The molecule has 0 atom stereocenters. The van der Waals surface area contributed by atoms with Crippen LogP contribution in [0.5, 0.6) is 0 Å². The predicted molar refractivity (Wildman–Crippen MR) is 115 cm³/mol. The first-order valence-electron chi connectivity index (χ1n) is 10.1. The van der Waals surface area contributed by atoms with Crippen LogP contribution in [0.4, 0.5) is 0 Å². The van der Waals surface area contributed by atoms with E-state index in [1.807, 2.05) is 0 Å². The van der Waals surface area contributed by atoms with E-state index in [0.717, 1.165) is 21.7 Å². The molecule has 2 aliphatic rings. The van der Waals surface area contributed by atoms with Crippen molar-refractivity contribution in [1.29, 1.82) is 0 Å². The lowest BCUT2D eigenvalue weighted by Crippen LogP contribution is -2.41. The summed E-state index contributed by atoms with van der Waals surface area (Å²) in [6.07, 6.45) is 0. The van der Waals surface area contributed by atoms with E-state index in [4.69, 9.17) is 18.6 Å². The van der Waals surface area contributed by atoms with Crippen molar-refractivity contribution in [3.8, 4) is 0 Å². The molecule has 0 amide bonds. The summed E-state index contributed by atoms with van der Waals surface area (Å²) in [6, 6.07) is 12.6. The summed E-state index contributed by atoms with van der Waals surface area (Å²) in [5, 5.41) is 2.25. The van der Waals surface area contributed by atoms with Crippen molar-refractivity contribution < 1.29 is 18.6 Å². The molecule has 0 bridgehead atoms. The molecule has 2 aromatic rings. The van der Waals surface area contributed by atoms with E-state index < -0.39 is 0 Å². The second-order valence-electron chi connectivity index (χ2n) is 10.0. The molecule has 6 heteroatoms. The fourth-order valence-electron chi connectivity index (χ4n) is 3.63. The second kappa shape index (κ2) is 6.08. The van der Waals surface area contributed by atoms with Gasteiger partial charge in [-0.15, -0.1) is 0 Å². The van der Waals surface area contributed by atoms with Gasteiger partial charge < -0.3 is 18.6 Å². The number of hydrogen-bond acceptors (Lipinski definition) is 4. The standard InChI is InChI=1S/C22H30B2O4/c1-19(2)20(3,4)26-23(25-19)16-12-13-17-15(14-16)10-9-11-18(17)24-27-21(5,6)22(7,8)28-24/h9-14H,1-8H3. The largest absolute Gasteiger partial charge is 0.495 e. The summed E-state index contributed by atoms with van der Waals surface area (Å²) < 4.78 is 25.0. The van der Waals surface area contributed by atoms with Gasteiger partial charge in [0.25, 0.3) is 0 Å². The van der Waals surface area contributed by atoms with E-state index in [9.17, 15) is 0 Å². The Kier molecular flexibility index (Phi) is 4.34. The predicted octanol–water partition coefficient (Wildman–Crippen LogP) is 3.44. The summed E-state index contributed by atoms with van der Waals surface area (Å²) in [6.45, 7) is 16.6. The van der Waals surface area contributed by atoms with Gasteiger partial charge in [-0.1, -0.05) is 36.4 Å². The minimum atomic E-state index is -0.378. The Labute approximate surface area is 169 Å². The quantitative estimate of drug-likeness (QED) is 0.749. The van der Waals surface area contributed by atoms with Crippen LogP contribution >= 0.6 is 0 Å². The second-order valence-corrected chi connectivity index (χ2v) is 10.0. The SMILES string of the molecule is CC1(C)OB(c2ccc3c(B4OC(C)(C)C(C)(C)O4)cccc3c2)OC1(C)C. The first-order valence-corrected chi connectivity index (χ1v) is 10.1. The van der Waals surface area contributed by atoms with Gasteiger partial charge in [-0.3, -0.25) is 0 Å². The number of hydrogen-bond donors (Lipinski definition) is 0. The maximum absolute atomic E-state index is 6.27. The van der Waals surface area contributed by atoms with Crippen LogP contribution in [0, 0.1) is 0 Å². The van der Waals surface area contributed by atoms with Crippen LogP contribution in [0.2, 0.25) is 0 Å². The fraction of sp³-hybridized carbons (Fsp3) is 0.545. The van der Waals surface area contributed by atoms with Gasteiger partial charge in [-0.2, -0.15) is 0 Å². The molecule has 0 saturated carbocycles. The molecule has 2 aliphatic heterocycles. The van der Waals surface area contributed by atoms with Gasteiger partial charge in [-0.05, 0) is 77.1 Å². The first kappa shape index (κ1) is 20.0. The smallest absolute Gasteiger partial charge is 0.399 e. The number of benzene rings is 2. The van der Waals surface area contributed by atoms with Crippen molar-refractivity contribution in [2.75, 3.05) is 0 Å². The third kappa shape index (κ3) is 3.02. The van der Waals surface area contributed by atoms with E-state index in [1.54, 1.807) is 0 Å². The van der Waals surface area contributed by atoms with Gasteiger partial charge in [-0.25, -0.2) is 0 Å². The normalized spacial score (nSPS) is 24.9. The van der Waals surface area contributed by atoms with Crippen LogP contribution in [-0.2, 0) is 18.6 Å². The van der Waals surface area contributed by atoms with E-state index in [-0.39, 0.29) is 36.6 Å². The van der Waals surface area contributed by atoms with Crippen molar-refractivity contribution in [1.82, 2.24) is 0 Å². The Bertz CT molecular complexity index is 888. The highest BCUT2D eigenvalue weighted by Crippen LogP contribution is 2.38. The highest BCUT2D eigenvalue weighted by Gasteiger charge is 2.53. The first-order chi connectivity index (χ1) is 12.8. The summed E-state index contributed by atoms with van der Waals surface area (Å²) in [5.74, 6) is 0. The molecule has 4 nitrogen and oxygen atoms in total. The van der Waals surface area contributed by atoms with Crippen LogP contribution in [0.15, 0.2) is 36.4 Å². The van der Waals surface area contributed by atoms with E-state index >= 15 is 0 Å². The van der Waals surface area contributed by atoms with Gasteiger partial charge in [0.1, 0.15) is 0 Å². The molecule has 4 rings (SSSR count). The number of rotatable bonds is 2. The maximum atomic E-state index is 6.27. The molecule has 0 N–H and O–H groups in total. The molecular weight excluding hydrogens is 350 g/mol. The Balaban J connectivity index is 1.69. The highest BCUT2D eigenvalue weighted by atomic mass is 16.7. The summed E-state index contributed by atoms with van der Waals surface area (Å²) in [5.41, 5.74) is 0.660. The Morgan fingerprint density at radius 1 is 0.607 bits per heavy atom. The molecule has 0 spiro atoms. The topological polar surface area (TPSA) is 36.9 Å². The molecular formula is C22H30B2O4. The van der Waals surface area contributed by atoms with E-state index in [0.29, 0.717) is 0 Å². The Hall–Kier alpha value is -1.33.